The molecule has 1 aromatic carbocycles. The minimum absolute atomic E-state index is 0.0118. The number of amides is 2. The number of benzene rings is 1. The van der Waals surface area contributed by atoms with Gasteiger partial charge in [0.25, 0.3) is 5.91 Å². The Balaban J connectivity index is 1.51. The Morgan fingerprint density at radius 3 is 2.70 bits per heavy atom. The summed E-state index contributed by atoms with van der Waals surface area (Å²) in [6, 6.07) is 5.79. The molecule has 1 fully saturated rings. The van der Waals surface area contributed by atoms with E-state index in [9.17, 15) is 9.59 Å². The summed E-state index contributed by atoms with van der Waals surface area (Å²) in [5.41, 5.74) is 5.13. The van der Waals surface area contributed by atoms with Crippen molar-refractivity contribution < 1.29 is 9.59 Å². The summed E-state index contributed by atoms with van der Waals surface area (Å²) >= 11 is 6.61. The van der Waals surface area contributed by atoms with E-state index in [0.29, 0.717) is 66.9 Å². The van der Waals surface area contributed by atoms with Crippen LogP contribution >= 0.6 is 11.6 Å². The highest BCUT2D eigenvalue weighted by Gasteiger charge is 2.27. The number of carbonyl (C=O) groups excluding carboxylic acids is 2. The normalized spacial score (nSPS) is 16.5. The molecule has 0 spiro atoms. The van der Waals surface area contributed by atoms with Crippen molar-refractivity contribution >= 4 is 23.4 Å². The minimum atomic E-state index is -0.0118. The number of hydrogen-bond acceptors (Lipinski definition) is 4. The fraction of sp³-hybridized carbons (Fsp3) is 0.379. The van der Waals surface area contributed by atoms with Gasteiger partial charge >= 0.3 is 0 Å². The Morgan fingerprint density at radius 2 is 2.03 bits per heavy atom. The van der Waals surface area contributed by atoms with E-state index >= 15 is 0 Å². The molecule has 1 saturated heterocycles. The number of hydrogen-bond donors (Lipinski definition) is 1. The van der Waals surface area contributed by atoms with Crippen LogP contribution in [0, 0.1) is 24.2 Å². The van der Waals surface area contributed by atoms with Crippen LogP contribution in [0.25, 0.3) is 11.4 Å². The zero-order chi connectivity index (χ0) is 26.5. The molecule has 2 aliphatic rings. The molecule has 2 aromatic rings. The minimum Gasteiger partial charge on any atom is -0.340 e. The van der Waals surface area contributed by atoms with Crippen LogP contribution in [0.1, 0.15) is 53.5 Å². The molecule has 8 heteroatoms. The number of allylic oxidation sites excluding steroid dienone is 5. The number of aromatic nitrogens is 2. The second-order valence-corrected chi connectivity index (χ2v) is 9.99. The van der Waals surface area contributed by atoms with Crippen LogP contribution in [-0.4, -0.2) is 51.2 Å². The first-order valence-corrected chi connectivity index (χ1v) is 13.0. The molecular formula is C29H32ClN5O2. The number of H-pyrrole nitrogens is 1. The van der Waals surface area contributed by atoms with Crippen LogP contribution in [0.3, 0.4) is 0 Å². The number of likely N-dealkylation sites (tertiary alicyclic amines) is 1. The van der Waals surface area contributed by atoms with Gasteiger partial charge in [-0.15, -0.1) is 0 Å². The summed E-state index contributed by atoms with van der Waals surface area (Å²) in [4.78, 5) is 37.1. The highest BCUT2D eigenvalue weighted by molar-refractivity contribution is 6.33. The summed E-state index contributed by atoms with van der Waals surface area (Å²) in [5, 5.41) is 9.35. The maximum absolute atomic E-state index is 13.6. The molecule has 4 rings (SSSR count). The van der Waals surface area contributed by atoms with Crippen molar-refractivity contribution in [3.63, 3.8) is 0 Å². The maximum Gasteiger partial charge on any atom is 0.254 e. The van der Waals surface area contributed by atoms with E-state index in [-0.39, 0.29) is 11.8 Å². The molecule has 37 heavy (non-hydrogen) atoms. The number of aromatic amines is 1. The molecule has 1 aromatic heterocycles. The highest BCUT2D eigenvalue weighted by Crippen LogP contribution is 2.33. The van der Waals surface area contributed by atoms with Gasteiger partial charge in [0, 0.05) is 44.1 Å². The van der Waals surface area contributed by atoms with Gasteiger partial charge in [0.1, 0.15) is 5.82 Å². The lowest BCUT2D eigenvalue weighted by molar-refractivity contribution is -0.129. The Kier molecular flexibility index (Phi) is 8.30. The molecule has 0 unspecified atom stereocenters. The zero-order valence-electron chi connectivity index (χ0n) is 21.4. The van der Waals surface area contributed by atoms with Crippen molar-refractivity contribution in [2.45, 2.75) is 46.1 Å². The number of carbonyl (C=O) groups is 2. The van der Waals surface area contributed by atoms with Crippen LogP contribution < -0.4 is 0 Å². The van der Waals surface area contributed by atoms with Crippen LogP contribution in [0.15, 0.2) is 48.6 Å². The van der Waals surface area contributed by atoms with Gasteiger partial charge in [-0.2, -0.15) is 5.26 Å². The summed E-state index contributed by atoms with van der Waals surface area (Å²) in [5.74, 6) is 0.971. The number of nitrogens with one attached hydrogen (secondary N) is 1. The van der Waals surface area contributed by atoms with Gasteiger partial charge in [-0.05, 0) is 49.0 Å². The Morgan fingerprint density at radius 1 is 1.27 bits per heavy atom. The molecular weight excluding hydrogens is 486 g/mol. The quantitative estimate of drug-likeness (QED) is 0.521. The fourth-order valence-electron chi connectivity index (χ4n) is 5.07. The van der Waals surface area contributed by atoms with Gasteiger partial charge < -0.3 is 14.8 Å². The Labute approximate surface area is 223 Å². The predicted octanol–water partition coefficient (Wildman–Crippen LogP) is 5.38. The topological polar surface area (TPSA) is 93.1 Å². The molecule has 0 saturated carbocycles. The molecule has 0 bridgehead atoms. The van der Waals surface area contributed by atoms with Crippen molar-refractivity contribution in [3.8, 4) is 17.5 Å². The maximum atomic E-state index is 13.6. The number of piperidine rings is 1. The number of rotatable bonds is 6. The summed E-state index contributed by atoms with van der Waals surface area (Å²) in [7, 11) is 0. The van der Waals surface area contributed by atoms with E-state index in [1.807, 2.05) is 42.2 Å². The van der Waals surface area contributed by atoms with Crippen LogP contribution in [-0.2, 0) is 17.8 Å². The first-order chi connectivity index (χ1) is 17.8. The first-order valence-electron chi connectivity index (χ1n) is 12.6. The van der Waals surface area contributed by atoms with Crippen molar-refractivity contribution in [2.24, 2.45) is 5.92 Å². The molecule has 0 aliphatic carbocycles. The number of nitrogens with zero attached hydrogens (tertiary/aromatic N) is 4. The summed E-state index contributed by atoms with van der Waals surface area (Å²) < 4.78 is 0. The number of aryl methyl sites for hydroxylation is 1. The SMILES string of the molecule is C=C/C=C(\C=C/CC#N)C1CCN(C(=O)c2cc(-c3nc4c([nH]3)CN(C(C)=O)CC4)c(Cl)cc2C)CC1. The molecule has 0 radical (unpaired) electrons. The summed E-state index contributed by atoms with van der Waals surface area (Å²) in [6.07, 6.45) is 10.4. The molecule has 1 N–H and O–H groups in total. The molecule has 0 atom stereocenters. The van der Waals surface area contributed by atoms with E-state index in [4.69, 9.17) is 21.8 Å². The average Bonchev–Trinajstić information content (AvgIpc) is 3.31. The number of fused-ring (bicyclic) bond motifs is 1. The van der Waals surface area contributed by atoms with Crippen molar-refractivity contribution in [1.29, 1.82) is 5.26 Å². The molecule has 3 heterocycles. The molecule has 2 amide bonds. The Hall–Kier alpha value is -3.63. The van der Waals surface area contributed by atoms with Crippen LogP contribution in [0.4, 0.5) is 0 Å². The third-order valence-electron chi connectivity index (χ3n) is 7.16. The van der Waals surface area contributed by atoms with Crippen molar-refractivity contribution in [2.75, 3.05) is 19.6 Å². The van der Waals surface area contributed by atoms with E-state index in [0.717, 1.165) is 35.4 Å². The standard InChI is InChI=1S/C29H32ClN5O2/c1-4-7-21(8-5-6-12-31)22-9-13-34(14-10-22)29(37)23-17-24(25(30)16-19(23)2)28-32-26-11-15-35(20(3)36)18-27(26)33-28/h4-5,7-8,16-17,22H,1,6,9-11,13-15,18H2,2-3H3,(H,32,33)/b8-5-,21-7+. The second kappa shape index (κ2) is 11.6. The van der Waals surface area contributed by atoms with E-state index in [1.54, 1.807) is 17.9 Å². The van der Waals surface area contributed by atoms with Gasteiger partial charge in [-0.25, -0.2) is 4.98 Å². The van der Waals surface area contributed by atoms with Gasteiger partial charge in [0.05, 0.1) is 35.4 Å². The first kappa shape index (κ1) is 26.4. The van der Waals surface area contributed by atoms with E-state index in [2.05, 4.69) is 17.6 Å². The van der Waals surface area contributed by atoms with Crippen LogP contribution in [0.2, 0.25) is 5.02 Å². The van der Waals surface area contributed by atoms with Gasteiger partial charge in [0.15, 0.2) is 0 Å². The monoisotopic (exact) mass is 517 g/mol. The van der Waals surface area contributed by atoms with Gasteiger partial charge in [-0.1, -0.05) is 42.5 Å². The average molecular weight is 518 g/mol. The second-order valence-electron chi connectivity index (χ2n) is 9.58. The largest absolute Gasteiger partial charge is 0.340 e. The highest BCUT2D eigenvalue weighted by atomic mass is 35.5. The fourth-order valence-corrected chi connectivity index (χ4v) is 5.38. The van der Waals surface area contributed by atoms with Crippen molar-refractivity contribution in [3.05, 3.63) is 76.1 Å². The van der Waals surface area contributed by atoms with Gasteiger partial charge in [-0.3, -0.25) is 9.59 Å². The number of nitriles is 1. The van der Waals surface area contributed by atoms with Crippen molar-refractivity contribution in [1.82, 2.24) is 19.8 Å². The lowest BCUT2D eigenvalue weighted by Crippen LogP contribution is -2.39. The predicted molar refractivity (Wildman–Crippen MR) is 145 cm³/mol. The third kappa shape index (κ3) is 5.86. The molecule has 2 aliphatic heterocycles. The van der Waals surface area contributed by atoms with E-state index < -0.39 is 0 Å². The summed E-state index contributed by atoms with van der Waals surface area (Å²) in [6.45, 7) is 9.73. The number of imidazole rings is 1. The smallest absolute Gasteiger partial charge is 0.254 e. The Bertz CT molecular complexity index is 1310. The molecule has 192 valence electrons. The lowest BCUT2D eigenvalue weighted by atomic mass is 9.88. The molecule has 7 nitrogen and oxygen atoms in total. The van der Waals surface area contributed by atoms with Gasteiger partial charge in [0.2, 0.25) is 5.91 Å². The number of halogens is 1. The third-order valence-corrected chi connectivity index (χ3v) is 7.47. The lowest BCUT2D eigenvalue weighted by Gasteiger charge is -2.33. The zero-order valence-corrected chi connectivity index (χ0v) is 22.1. The van der Waals surface area contributed by atoms with Crippen LogP contribution in [0.5, 0.6) is 0 Å². The van der Waals surface area contributed by atoms with E-state index in [1.165, 1.54) is 0 Å².